The predicted molar refractivity (Wildman–Crippen MR) is 87.6 cm³/mol. The van der Waals surface area contributed by atoms with Crippen molar-refractivity contribution in [3.8, 4) is 5.75 Å². The van der Waals surface area contributed by atoms with Crippen LogP contribution in [0.2, 0.25) is 0 Å². The van der Waals surface area contributed by atoms with Crippen LogP contribution in [0.3, 0.4) is 0 Å². The minimum Gasteiger partial charge on any atom is -0.487 e. The number of para-hydroxylation sites is 1. The summed E-state index contributed by atoms with van der Waals surface area (Å²) in [7, 11) is 0. The molecule has 1 N–H and O–H groups in total. The van der Waals surface area contributed by atoms with E-state index in [1.54, 1.807) is 0 Å². The molecule has 0 radical (unpaired) electrons. The zero-order valence-electron chi connectivity index (χ0n) is 13.7. The first-order valence-corrected chi connectivity index (χ1v) is 8.55. The molecule has 1 heterocycles. The van der Waals surface area contributed by atoms with E-state index < -0.39 is 0 Å². The highest BCUT2D eigenvalue weighted by molar-refractivity contribution is 5.38. The molecule has 1 aromatic carbocycles. The van der Waals surface area contributed by atoms with Crippen molar-refractivity contribution in [1.82, 2.24) is 5.32 Å². The second-order valence-electron chi connectivity index (χ2n) is 7.69. The monoisotopic (exact) mass is 287 g/mol. The Bertz CT molecular complexity index is 474. The Morgan fingerprint density at radius 2 is 1.86 bits per heavy atom. The molecule has 3 rings (SSSR count). The van der Waals surface area contributed by atoms with Crippen LogP contribution >= 0.6 is 0 Å². The van der Waals surface area contributed by atoms with E-state index in [2.05, 4.69) is 50.4 Å². The molecule has 1 aliphatic carbocycles. The van der Waals surface area contributed by atoms with E-state index in [-0.39, 0.29) is 5.60 Å². The van der Waals surface area contributed by atoms with Crippen LogP contribution in [0, 0.1) is 11.8 Å². The second kappa shape index (κ2) is 6.00. The third-order valence-corrected chi connectivity index (χ3v) is 5.16. The molecule has 0 aromatic heterocycles. The van der Waals surface area contributed by atoms with Crippen LogP contribution in [0.5, 0.6) is 5.75 Å². The van der Waals surface area contributed by atoms with Gasteiger partial charge in [-0.1, -0.05) is 38.0 Å². The highest BCUT2D eigenvalue weighted by Crippen LogP contribution is 2.39. The molecular formula is C19H29NO. The van der Waals surface area contributed by atoms with Gasteiger partial charge in [-0.2, -0.15) is 0 Å². The van der Waals surface area contributed by atoms with E-state index in [1.165, 1.54) is 31.2 Å². The van der Waals surface area contributed by atoms with Gasteiger partial charge in [-0.25, -0.2) is 0 Å². The van der Waals surface area contributed by atoms with Crippen LogP contribution in [0.1, 0.15) is 64.5 Å². The third-order valence-electron chi connectivity index (χ3n) is 5.16. The van der Waals surface area contributed by atoms with Crippen molar-refractivity contribution in [1.29, 1.82) is 0 Å². The maximum absolute atomic E-state index is 6.12. The summed E-state index contributed by atoms with van der Waals surface area (Å²) >= 11 is 0. The van der Waals surface area contributed by atoms with Crippen LogP contribution in [-0.4, -0.2) is 12.1 Å². The molecule has 21 heavy (non-hydrogen) atoms. The lowest BCUT2D eigenvalue weighted by atomic mass is 9.82. The van der Waals surface area contributed by atoms with Gasteiger partial charge in [0.25, 0.3) is 0 Å². The van der Waals surface area contributed by atoms with Crippen LogP contribution in [0.4, 0.5) is 0 Å². The molecule has 1 unspecified atom stereocenters. The van der Waals surface area contributed by atoms with E-state index in [1.807, 2.05) is 0 Å². The van der Waals surface area contributed by atoms with Gasteiger partial charge in [-0.05, 0) is 51.1 Å². The van der Waals surface area contributed by atoms with E-state index >= 15 is 0 Å². The molecule has 1 saturated carbocycles. The Labute approximate surface area is 129 Å². The summed E-state index contributed by atoms with van der Waals surface area (Å²) in [6, 6.07) is 8.94. The summed E-state index contributed by atoms with van der Waals surface area (Å²) in [5.41, 5.74) is 1.26. The Kier molecular flexibility index (Phi) is 4.26. The van der Waals surface area contributed by atoms with Crippen LogP contribution in [0.25, 0.3) is 0 Å². The molecule has 2 nitrogen and oxygen atoms in total. The van der Waals surface area contributed by atoms with Crippen molar-refractivity contribution < 1.29 is 4.74 Å². The summed E-state index contributed by atoms with van der Waals surface area (Å²) < 4.78 is 6.12. The van der Waals surface area contributed by atoms with E-state index in [4.69, 9.17) is 4.74 Å². The van der Waals surface area contributed by atoms with Gasteiger partial charge in [-0.15, -0.1) is 0 Å². The van der Waals surface area contributed by atoms with Gasteiger partial charge in [0.2, 0.25) is 0 Å². The normalized spacial score (nSPS) is 31.3. The number of nitrogens with one attached hydrogen (secondary N) is 1. The maximum Gasteiger partial charge on any atom is 0.124 e. The minimum absolute atomic E-state index is 0.0763. The van der Waals surface area contributed by atoms with Crippen molar-refractivity contribution >= 4 is 0 Å². The molecule has 0 spiro atoms. The summed E-state index contributed by atoms with van der Waals surface area (Å²) in [6.45, 7) is 7.93. The summed E-state index contributed by atoms with van der Waals surface area (Å²) in [5, 5.41) is 3.84. The number of ether oxygens (including phenoxy) is 1. The molecule has 1 aromatic rings. The SMILES string of the molecule is CC1CCC(CNC2CC(C)(C)Oc3ccccc32)CC1. The zero-order valence-corrected chi connectivity index (χ0v) is 13.7. The molecule has 1 atom stereocenters. The maximum atomic E-state index is 6.12. The zero-order chi connectivity index (χ0) is 14.9. The minimum atomic E-state index is -0.0763. The lowest BCUT2D eigenvalue weighted by Gasteiger charge is -2.39. The summed E-state index contributed by atoms with van der Waals surface area (Å²) in [6.07, 6.45) is 6.64. The molecular weight excluding hydrogens is 258 g/mol. The number of benzene rings is 1. The van der Waals surface area contributed by atoms with E-state index in [9.17, 15) is 0 Å². The van der Waals surface area contributed by atoms with Gasteiger partial charge in [0.15, 0.2) is 0 Å². The van der Waals surface area contributed by atoms with Gasteiger partial charge in [0.1, 0.15) is 11.4 Å². The first-order chi connectivity index (χ1) is 10.0. The standard InChI is InChI=1S/C19H29NO/c1-14-8-10-15(11-9-14)13-20-17-12-19(2,3)21-18-7-5-4-6-16(17)18/h4-7,14-15,17,20H,8-13H2,1-3H3. The van der Waals surface area contributed by atoms with Gasteiger partial charge < -0.3 is 10.1 Å². The molecule has 116 valence electrons. The molecule has 0 bridgehead atoms. The smallest absolute Gasteiger partial charge is 0.124 e. The van der Waals surface area contributed by atoms with Gasteiger partial charge >= 0.3 is 0 Å². The average molecular weight is 287 g/mol. The molecule has 1 fully saturated rings. The number of hydrogen-bond acceptors (Lipinski definition) is 2. The van der Waals surface area contributed by atoms with Gasteiger partial charge in [0, 0.05) is 18.0 Å². The van der Waals surface area contributed by atoms with Crippen molar-refractivity contribution in [3.63, 3.8) is 0 Å². The van der Waals surface area contributed by atoms with Crippen molar-refractivity contribution in [2.24, 2.45) is 11.8 Å². The topological polar surface area (TPSA) is 21.3 Å². The van der Waals surface area contributed by atoms with E-state index in [0.29, 0.717) is 6.04 Å². The summed E-state index contributed by atoms with van der Waals surface area (Å²) in [4.78, 5) is 0. The third kappa shape index (κ3) is 3.60. The number of rotatable bonds is 3. The Morgan fingerprint density at radius 1 is 1.14 bits per heavy atom. The van der Waals surface area contributed by atoms with Gasteiger partial charge in [0.05, 0.1) is 0 Å². The highest BCUT2D eigenvalue weighted by atomic mass is 16.5. The Balaban J connectivity index is 1.65. The fourth-order valence-corrected chi connectivity index (χ4v) is 3.83. The fraction of sp³-hybridized carbons (Fsp3) is 0.684. The molecule has 1 aliphatic heterocycles. The second-order valence-corrected chi connectivity index (χ2v) is 7.69. The van der Waals surface area contributed by atoms with Crippen LogP contribution in [-0.2, 0) is 0 Å². The van der Waals surface area contributed by atoms with Crippen molar-refractivity contribution in [2.45, 2.75) is 64.5 Å². The van der Waals surface area contributed by atoms with E-state index in [0.717, 1.165) is 30.6 Å². The van der Waals surface area contributed by atoms with Crippen molar-refractivity contribution in [2.75, 3.05) is 6.54 Å². The number of hydrogen-bond donors (Lipinski definition) is 1. The molecule has 2 aliphatic rings. The fourth-order valence-electron chi connectivity index (χ4n) is 3.83. The van der Waals surface area contributed by atoms with Crippen molar-refractivity contribution in [3.05, 3.63) is 29.8 Å². The number of fused-ring (bicyclic) bond motifs is 1. The van der Waals surface area contributed by atoms with Crippen LogP contribution in [0.15, 0.2) is 24.3 Å². The molecule has 0 amide bonds. The first-order valence-electron chi connectivity index (χ1n) is 8.55. The molecule has 0 saturated heterocycles. The highest BCUT2D eigenvalue weighted by Gasteiger charge is 2.33. The Hall–Kier alpha value is -1.02. The average Bonchev–Trinajstić information content (AvgIpc) is 2.45. The van der Waals surface area contributed by atoms with Gasteiger partial charge in [-0.3, -0.25) is 0 Å². The predicted octanol–water partition coefficient (Wildman–Crippen LogP) is 4.70. The quantitative estimate of drug-likeness (QED) is 0.869. The lowest BCUT2D eigenvalue weighted by molar-refractivity contribution is 0.0646. The molecule has 2 heteroatoms. The first kappa shape index (κ1) is 14.9. The lowest BCUT2D eigenvalue weighted by Crippen LogP contribution is -2.40. The largest absolute Gasteiger partial charge is 0.487 e. The summed E-state index contributed by atoms with van der Waals surface area (Å²) in [5.74, 6) is 2.85. The van der Waals surface area contributed by atoms with Crippen LogP contribution < -0.4 is 10.1 Å². The Morgan fingerprint density at radius 3 is 2.62 bits per heavy atom.